The maximum Gasteiger partial charge on any atom is 0.438 e. The van der Waals surface area contributed by atoms with Gasteiger partial charge in [0.1, 0.15) is 35.3 Å². The van der Waals surface area contributed by atoms with Gasteiger partial charge in [-0.3, -0.25) is 14.4 Å². The fourth-order valence-corrected chi connectivity index (χ4v) is 6.66. The van der Waals surface area contributed by atoms with Gasteiger partial charge in [-0.1, -0.05) is 30.2 Å². The second-order valence-electron chi connectivity index (χ2n) is 12.8. The number of halogens is 4. The van der Waals surface area contributed by atoms with Crippen LogP contribution < -0.4 is 15.4 Å². The first-order valence-electron chi connectivity index (χ1n) is 16.2. The molecule has 3 N–H and O–H groups in total. The van der Waals surface area contributed by atoms with Crippen LogP contribution in [0.3, 0.4) is 0 Å². The number of carbonyl (C=O) groups excluding carboxylic acids is 3. The number of hydrogen-bond donors (Lipinski definition) is 3. The zero-order chi connectivity index (χ0) is 35.8. The lowest BCUT2D eigenvalue weighted by Gasteiger charge is -2.46. The number of aromatic nitrogens is 3. The van der Waals surface area contributed by atoms with Crippen molar-refractivity contribution in [1.82, 2.24) is 30.7 Å². The molecule has 1 saturated carbocycles. The lowest BCUT2D eigenvalue weighted by Crippen LogP contribution is -2.67. The zero-order valence-corrected chi connectivity index (χ0v) is 26.8. The molecule has 3 aliphatic rings. The van der Waals surface area contributed by atoms with E-state index < -0.39 is 83.4 Å². The first-order valence-corrected chi connectivity index (χ1v) is 16.2. The van der Waals surface area contributed by atoms with Gasteiger partial charge in [-0.2, -0.15) is 13.2 Å². The van der Waals surface area contributed by atoms with Gasteiger partial charge in [0, 0.05) is 24.5 Å². The number of nitrogens with one attached hydrogen (secondary N) is 2. The Morgan fingerprint density at radius 3 is 2.60 bits per heavy atom. The van der Waals surface area contributed by atoms with Crippen LogP contribution in [0.15, 0.2) is 40.9 Å². The molecule has 6 rings (SSSR count). The predicted molar refractivity (Wildman–Crippen MR) is 165 cm³/mol. The maximum atomic E-state index is 14.2. The largest absolute Gasteiger partial charge is 0.479 e. The number of carboxylic acids is 1. The summed E-state index contributed by atoms with van der Waals surface area (Å²) in [6.45, 7) is 1.16. The highest BCUT2D eigenvalue weighted by atomic mass is 19.4. The molecule has 13 nitrogen and oxygen atoms in total. The number of carbonyl (C=O) groups is 4. The molecule has 1 aliphatic carbocycles. The van der Waals surface area contributed by atoms with Gasteiger partial charge in [0.05, 0.1) is 17.6 Å². The smallest absolute Gasteiger partial charge is 0.438 e. The van der Waals surface area contributed by atoms with Crippen molar-refractivity contribution in [2.45, 2.75) is 88.2 Å². The van der Waals surface area contributed by atoms with Crippen LogP contribution in [-0.4, -0.2) is 79.1 Å². The lowest BCUT2D eigenvalue weighted by molar-refractivity contribution is -0.156. The molecule has 0 radical (unpaired) electrons. The molecule has 0 bridgehead atoms. The van der Waals surface area contributed by atoms with Crippen LogP contribution in [0.2, 0.25) is 0 Å². The summed E-state index contributed by atoms with van der Waals surface area (Å²) in [6, 6.07) is 1.67. The summed E-state index contributed by atoms with van der Waals surface area (Å²) in [5, 5.41) is 19.2. The summed E-state index contributed by atoms with van der Waals surface area (Å²) in [4.78, 5) is 62.4. The molecule has 50 heavy (non-hydrogen) atoms. The number of allylic oxidation sites excluding steroid dienone is 1. The van der Waals surface area contributed by atoms with E-state index in [1.165, 1.54) is 6.07 Å². The molecule has 2 aliphatic heterocycles. The van der Waals surface area contributed by atoms with Gasteiger partial charge in [-0.05, 0) is 51.2 Å². The molecule has 266 valence electrons. The molecular formula is C33H34F4N6O7. The molecule has 1 saturated heterocycles. The average molecular weight is 703 g/mol. The summed E-state index contributed by atoms with van der Waals surface area (Å²) < 4.78 is 67.1. The van der Waals surface area contributed by atoms with E-state index in [0.29, 0.717) is 37.9 Å². The lowest BCUT2D eigenvalue weighted by atomic mass is 9.66. The molecule has 2 fully saturated rings. The number of rotatable bonds is 5. The van der Waals surface area contributed by atoms with Crippen LogP contribution in [0, 0.1) is 18.7 Å². The van der Waals surface area contributed by atoms with Crippen molar-refractivity contribution in [1.29, 1.82) is 0 Å². The standard InChI is InChI=1S/C33H34F4N6O7/c1-17-13-24(42-50-17)27(44)39-22-8-6-4-2-3-5-7-18-11-12-32(18,31(47)48)41-28(45)25-15-20(16-43(25)30(22)46)49-29-26(33(35,36)37)38-21-10-9-19(34)14-23(21)40-29/h5,7,9-10,13-14,18,20,22,25H,2-4,6,8,11-12,15-16H2,1H3,(H,39,44)(H,41,45)(H,47,48). The number of amides is 3. The first kappa shape index (κ1) is 34.8. The van der Waals surface area contributed by atoms with Crippen LogP contribution >= 0.6 is 0 Å². The topological polar surface area (TPSA) is 177 Å². The molecule has 5 unspecified atom stereocenters. The van der Waals surface area contributed by atoms with E-state index in [-0.39, 0.29) is 36.0 Å². The molecule has 1 aromatic carbocycles. The molecule has 0 spiro atoms. The average Bonchev–Trinajstić information content (AvgIpc) is 3.68. The maximum absolute atomic E-state index is 14.2. The highest BCUT2D eigenvalue weighted by Crippen LogP contribution is 2.41. The van der Waals surface area contributed by atoms with Crippen molar-refractivity contribution in [2.24, 2.45) is 5.92 Å². The second kappa shape index (κ2) is 13.7. The minimum Gasteiger partial charge on any atom is -0.479 e. The van der Waals surface area contributed by atoms with Gasteiger partial charge in [0.15, 0.2) is 5.69 Å². The SMILES string of the molecule is Cc1cc(C(=O)NC2CCCCCC=CC3CCC3(C(=O)O)NC(=O)C3CC(Oc4nc5cc(F)ccc5nc4C(F)(F)F)CN3C2=O)no1. The Kier molecular flexibility index (Phi) is 9.50. The fraction of sp³-hybridized carbons (Fsp3) is 0.485. The summed E-state index contributed by atoms with van der Waals surface area (Å²) in [5.41, 5.74) is -3.67. The molecule has 4 heterocycles. The summed E-state index contributed by atoms with van der Waals surface area (Å²) in [6.07, 6.45) is 0.280. The van der Waals surface area contributed by atoms with E-state index in [0.717, 1.165) is 23.1 Å². The number of fused-ring (bicyclic) bond motifs is 3. The number of aliphatic carboxylic acids is 1. The normalized spacial score (nSPS) is 26.2. The Morgan fingerprint density at radius 1 is 1.12 bits per heavy atom. The first-order chi connectivity index (χ1) is 23.7. The minimum atomic E-state index is -5.03. The molecule has 17 heteroatoms. The van der Waals surface area contributed by atoms with E-state index >= 15 is 0 Å². The van der Waals surface area contributed by atoms with E-state index in [2.05, 4.69) is 25.8 Å². The van der Waals surface area contributed by atoms with Gasteiger partial charge in [0.2, 0.25) is 23.4 Å². The number of ether oxygens (including phenoxy) is 1. The molecule has 3 aromatic rings. The Bertz CT molecular complexity index is 1850. The van der Waals surface area contributed by atoms with Gasteiger partial charge in [0.25, 0.3) is 5.91 Å². The van der Waals surface area contributed by atoms with Crippen molar-refractivity contribution < 1.29 is 51.1 Å². The quantitative estimate of drug-likeness (QED) is 0.259. The number of aryl methyl sites for hydroxylation is 1. The van der Waals surface area contributed by atoms with E-state index in [1.807, 2.05) is 6.08 Å². The Morgan fingerprint density at radius 2 is 1.92 bits per heavy atom. The molecule has 5 atom stereocenters. The van der Waals surface area contributed by atoms with Crippen LogP contribution in [0.4, 0.5) is 17.6 Å². The summed E-state index contributed by atoms with van der Waals surface area (Å²) in [7, 11) is 0. The van der Waals surface area contributed by atoms with Crippen molar-refractivity contribution in [3.8, 4) is 5.88 Å². The van der Waals surface area contributed by atoms with Gasteiger partial charge in [-0.15, -0.1) is 0 Å². The molecule has 3 amide bonds. The molecular weight excluding hydrogens is 668 g/mol. The Labute approximate surface area is 282 Å². The highest BCUT2D eigenvalue weighted by Gasteiger charge is 2.55. The van der Waals surface area contributed by atoms with E-state index in [4.69, 9.17) is 9.26 Å². The van der Waals surface area contributed by atoms with Gasteiger partial charge < -0.3 is 29.9 Å². The second-order valence-corrected chi connectivity index (χ2v) is 12.8. The number of carboxylic acid groups (broad SMARTS) is 1. The van der Waals surface area contributed by atoms with Crippen molar-refractivity contribution in [2.75, 3.05) is 6.54 Å². The van der Waals surface area contributed by atoms with Crippen LogP contribution in [0.1, 0.15) is 73.3 Å². The fourth-order valence-electron chi connectivity index (χ4n) is 6.66. The summed E-state index contributed by atoms with van der Waals surface area (Å²) >= 11 is 0. The Balaban J connectivity index is 1.35. The van der Waals surface area contributed by atoms with Crippen LogP contribution in [-0.2, 0) is 20.6 Å². The summed E-state index contributed by atoms with van der Waals surface area (Å²) in [5.74, 6) is -5.47. The van der Waals surface area contributed by atoms with E-state index in [9.17, 15) is 41.8 Å². The van der Waals surface area contributed by atoms with Crippen molar-refractivity contribution in [3.05, 3.63) is 59.4 Å². The number of alkyl halides is 3. The number of hydrogen-bond acceptors (Lipinski definition) is 9. The number of nitrogens with zero attached hydrogens (tertiary/aromatic N) is 4. The van der Waals surface area contributed by atoms with Gasteiger partial charge >= 0.3 is 12.1 Å². The number of benzene rings is 1. The van der Waals surface area contributed by atoms with Crippen molar-refractivity contribution >= 4 is 34.7 Å². The highest BCUT2D eigenvalue weighted by molar-refractivity contribution is 5.98. The monoisotopic (exact) mass is 702 g/mol. The van der Waals surface area contributed by atoms with E-state index in [1.54, 1.807) is 13.0 Å². The third-order valence-electron chi connectivity index (χ3n) is 9.40. The third kappa shape index (κ3) is 6.98. The zero-order valence-electron chi connectivity index (χ0n) is 26.8. The predicted octanol–water partition coefficient (Wildman–Crippen LogP) is 4.10. The minimum absolute atomic E-state index is 0.0846. The molecule has 2 aromatic heterocycles. The van der Waals surface area contributed by atoms with Crippen LogP contribution in [0.5, 0.6) is 5.88 Å². The Hall–Kier alpha value is -5.09. The van der Waals surface area contributed by atoms with Crippen LogP contribution in [0.25, 0.3) is 11.0 Å². The van der Waals surface area contributed by atoms with Gasteiger partial charge in [-0.25, -0.2) is 19.2 Å². The third-order valence-corrected chi connectivity index (χ3v) is 9.40. The van der Waals surface area contributed by atoms with Crippen molar-refractivity contribution in [3.63, 3.8) is 0 Å².